The molecule has 150 valence electrons. The fourth-order valence-electron chi connectivity index (χ4n) is 3.30. The van der Waals surface area contributed by atoms with E-state index in [0.29, 0.717) is 24.6 Å². The van der Waals surface area contributed by atoms with Crippen LogP contribution in [-0.2, 0) is 11.3 Å². The maximum Gasteiger partial charge on any atom is 0.191 e. The van der Waals surface area contributed by atoms with Crippen molar-refractivity contribution in [2.45, 2.75) is 12.6 Å². The Bertz CT molecular complexity index is 795. The van der Waals surface area contributed by atoms with Gasteiger partial charge in [0, 0.05) is 43.8 Å². The highest BCUT2D eigenvalue weighted by atomic mass is 35.5. The minimum atomic E-state index is -0.226. The minimum Gasteiger partial charge on any atom is -0.379 e. The molecule has 0 aromatic heterocycles. The van der Waals surface area contributed by atoms with Gasteiger partial charge in [-0.1, -0.05) is 41.9 Å². The van der Waals surface area contributed by atoms with E-state index in [-0.39, 0.29) is 11.9 Å². The van der Waals surface area contributed by atoms with Crippen LogP contribution < -0.4 is 10.6 Å². The molecule has 1 aliphatic heterocycles. The molecular weight excluding hydrogens is 379 g/mol. The number of benzene rings is 2. The number of ether oxygens (including phenoxy) is 1. The highest BCUT2D eigenvalue weighted by Gasteiger charge is 2.23. The van der Waals surface area contributed by atoms with Gasteiger partial charge in [-0.25, -0.2) is 4.39 Å². The van der Waals surface area contributed by atoms with Crippen LogP contribution in [-0.4, -0.2) is 50.8 Å². The molecule has 1 unspecified atom stereocenters. The third-order valence-electron chi connectivity index (χ3n) is 4.81. The van der Waals surface area contributed by atoms with Crippen LogP contribution in [0.2, 0.25) is 5.02 Å². The van der Waals surface area contributed by atoms with Crippen LogP contribution in [0.4, 0.5) is 4.39 Å². The first kappa shape index (κ1) is 20.6. The normalized spacial score (nSPS) is 16.6. The van der Waals surface area contributed by atoms with Crippen molar-refractivity contribution in [3.63, 3.8) is 0 Å². The topological polar surface area (TPSA) is 48.9 Å². The first-order valence-corrected chi connectivity index (χ1v) is 9.80. The lowest BCUT2D eigenvalue weighted by atomic mass is 10.0. The number of aliphatic imine (C=N–C) groups is 1. The summed E-state index contributed by atoms with van der Waals surface area (Å²) in [6.07, 6.45) is 0. The molecule has 0 spiro atoms. The van der Waals surface area contributed by atoms with E-state index in [0.717, 1.165) is 36.9 Å². The lowest BCUT2D eigenvalue weighted by Crippen LogP contribution is -2.46. The first-order chi connectivity index (χ1) is 13.7. The second-order valence-corrected chi connectivity index (χ2v) is 7.05. The van der Waals surface area contributed by atoms with Crippen molar-refractivity contribution in [1.29, 1.82) is 0 Å². The molecule has 0 amide bonds. The third kappa shape index (κ3) is 5.67. The van der Waals surface area contributed by atoms with Gasteiger partial charge in [0.15, 0.2) is 5.96 Å². The molecule has 2 aromatic carbocycles. The second-order valence-electron chi connectivity index (χ2n) is 6.62. The molecule has 1 fully saturated rings. The van der Waals surface area contributed by atoms with E-state index in [2.05, 4.69) is 26.6 Å². The van der Waals surface area contributed by atoms with Gasteiger partial charge < -0.3 is 15.4 Å². The summed E-state index contributed by atoms with van der Waals surface area (Å²) in [5.74, 6) is 0.402. The SMILES string of the molecule is CN=C(NCc1ccccc1F)NCC(c1cccc(Cl)c1)N1CCOCC1. The highest BCUT2D eigenvalue weighted by Crippen LogP contribution is 2.24. The van der Waals surface area contributed by atoms with Crippen LogP contribution in [0.3, 0.4) is 0 Å². The molecule has 2 aromatic rings. The summed E-state index contributed by atoms with van der Waals surface area (Å²) < 4.78 is 19.3. The third-order valence-corrected chi connectivity index (χ3v) is 5.05. The molecule has 7 heteroatoms. The quantitative estimate of drug-likeness (QED) is 0.573. The lowest BCUT2D eigenvalue weighted by molar-refractivity contribution is 0.0170. The average Bonchev–Trinajstić information content (AvgIpc) is 2.72. The molecule has 2 N–H and O–H groups in total. The van der Waals surface area contributed by atoms with Crippen LogP contribution in [0.15, 0.2) is 53.5 Å². The van der Waals surface area contributed by atoms with Crippen molar-refractivity contribution in [3.8, 4) is 0 Å². The number of rotatable bonds is 6. The van der Waals surface area contributed by atoms with E-state index in [9.17, 15) is 4.39 Å². The Morgan fingerprint density at radius 2 is 1.96 bits per heavy atom. The van der Waals surface area contributed by atoms with Gasteiger partial charge in [0.25, 0.3) is 0 Å². The second kappa shape index (κ2) is 10.4. The lowest BCUT2D eigenvalue weighted by Gasteiger charge is -2.35. The zero-order valence-corrected chi connectivity index (χ0v) is 16.8. The van der Waals surface area contributed by atoms with Gasteiger partial charge in [-0.15, -0.1) is 0 Å². The van der Waals surface area contributed by atoms with E-state index in [1.165, 1.54) is 6.07 Å². The Hall–Kier alpha value is -2.15. The van der Waals surface area contributed by atoms with Gasteiger partial charge in [0.2, 0.25) is 0 Å². The monoisotopic (exact) mass is 404 g/mol. The van der Waals surface area contributed by atoms with Crippen molar-refractivity contribution >= 4 is 17.6 Å². The van der Waals surface area contributed by atoms with Crippen molar-refractivity contribution in [2.75, 3.05) is 39.9 Å². The molecule has 5 nitrogen and oxygen atoms in total. The molecule has 0 saturated carbocycles. The van der Waals surface area contributed by atoms with Crippen LogP contribution in [0.5, 0.6) is 0 Å². The molecule has 1 saturated heterocycles. The van der Waals surface area contributed by atoms with Crippen LogP contribution >= 0.6 is 11.6 Å². The Morgan fingerprint density at radius 1 is 1.18 bits per heavy atom. The van der Waals surface area contributed by atoms with E-state index in [4.69, 9.17) is 16.3 Å². The Kier molecular flexibility index (Phi) is 7.65. The number of nitrogens with zero attached hydrogens (tertiary/aromatic N) is 2. The van der Waals surface area contributed by atoms with Gasteiger partial charge in [0.05, 0.1) is 19.3 Å². The summed E-state index contributed by atoms with van der Waals surface area (Å²) in [6.45, 7) is 4.18. The highest BCUT2D eigenvalue weighted by molar-refractivity contribution is 6.30. The molecule has 0 radical (unpaired) electrons. The minimum absolute atomic E-state index is 0.134. The van der Waals surface area contributed by atoms with Gasteiger partial charge in [0.1, 0.15) is 5.82 Å². The number of morpholine rings is 1. The van der Waals surface area contributed by atoms with Crippen LogP contribution in [0.1, 0.15) is 17.2 Å². The average molecular weight is 405 g/mol. The predicted molar refractivity (Wildman–Crippen MR) is 111 cm³/mol. The largest absolute Gasteiger partial charge is 0.379 e. The fraction of sp³-hybridized carbons (Fsp3) is 0.381. The van der Waals surface area contributed by atoms with Gasteiger partial charge in [-0.2, -0.15) is 0 Å². The summed E-state index contributed by atoms with van der Waals surface area (Å²) in [6, 6.07) is 14.8. The molecule has 0 aliphatic carbocycles. The van der Waals surface area contributed by atoms with E-state index in [1.54, 1.807) is 19.2 Å². The Labute approximate surface area is 170 Å². The smallest absolute Gasteiger partial charge is 0.191 e. The first-order valence-electron chi connectivity index (χ1n) is 9.42. The van der Waals surface area contributed by atoms with Crippen molar-refractivity contribution in [2.24, 2.45) is 4.99 Å². The Morgan fingerprint density at radius 3 is 2.68 bits per heavy atom. The molecule has 1 atom stereocenters. The predicted octanol–water partition coefficient (Wildman–Crippen LogP) is 3.22. The zero-order chi connectivity index (χ0) is 19.8. The van der Waals surface area contributed by atoms with E-state index in [1.807, 2.05) is 24.3 Å². The van der Waals surface area contributed by atoms with Gasteiger partial charge in [-0.3, -0.25) is 9.89 Å². The van der Waals surface area contributed by atoms with Gasteiger partial charge in [-0.05, 0) is 23.8 Å². The Balaban J connectivity index is 1.65. The number of hydrogen-bond donors (Lipinski definition) is 2. The van der Waals surface area contributed by atoms with E-state index >= 15 is 0 Å². The van der Waals surface area contributed by atoms with Crippen LogP contribution in [0, 0.1) is 5.82 Å². The number of halogens is 2. The van der Waals surface area contributed by atoms with Gasteiger partial charge >= 0.3 is 0 Å². The summed E-state index contributed by atoms with van der Waals surface area (Å²) in [4.78, 5) is 6.65. The molecule has 1 heterocycles. The molecular formula is C21H26ClFN4O. The fourth-order valence-corrected chi connectivity index (χ4v) is 3.49. The number of nitrogens with one attached hydrogen (secondary N) is 2. The molecule has 3 rings (SSSR count). The summed E-state index contributed by atoms with van der Waals surface area (Å²) >= 11 is 6.22. The molecule has 0 bridgehead atoms. The van der Waals surface area contributed by atoms with Crippen molar-refractivity contribution in [3.05, 3.63) is 70.5 Å². The molecule has 28 heavy (non-hydrogen) atoms. The van der Waals surface area contributed by atoms with Crippen LogP contribution in [0.25, 0.3) is 0 Å². The van der Waals surface area contributed by atoms with Crippen molar-refractivity contribution < 1.29 is 9.13 Å². The number of hydrogen-bond acceptors (Lipinski definition) is 3. The van der Waals surface area contributed by atoms with Crippen molar-refractivity contribution in [1.82, 2.24) is 15.5 Å². The summed E-state index contributed by atoms with van der Waals surface area (Å²) in [5.41, 5.74) is 1.75. The van der Waals surface area contributed by atoms with E-state index < -0.39 is 0 Å². The zero-order valence-electron chi connectivity index (χ0n) is 16.0. The standard InChI is InChI=1S/C21H26ClFN4O/c1-24-21(25-14-17-5-2-3-8-19(17)23)26-15-20(27-9-11-28-12-10-27)16-6-4-7-18(22)13-16/h2-8,13,20H,9-12,14-15H2,1H3,(H2,24,25,26). The maximum absolute atomic E-state index is 13.8. The summed E-state index contributed by atoms with van der Waals surface area (Å²) in [5, 5.41) is 7.26. The molecule has 1 aliphatic rings. The number of guanidine groups is 1. The summed E-state index contributed by atoms with van der Waals surface area (Å²) in [7, 11) is 1.71. The maximum atomic E-state index is 13.8.